The quantitative estimate of drug-likeness (QED) is 0.856. The number of pyridine rings is 1. The molecule has 5 nitrogen and oxygen atoms in total. The van der Waals surface area contributed by atoms with Gasteiger partial charge in [-0.25, -0.2) is 0 Å². The first-order valence-electron chi connectivity index (χ1n) is 9.30. The van der Waals surface area contributed by atoms with Gasteiger partial charge in [-0.05, 0) is 50.2 Å². The van der Waals surface area contributed by atoms with E-state index in [9.17, 15) is 0 Å². The van der Waals surface area contributed by atoms with E-state index in [2.05, 4.69) is 33.4 Å². The van der Waals surface area contributed by atoms with Crippen LogP contribution in [0.15, 0.2) is 29.0 Å². The predicted molar refractivity (Wildman–Crippen MR) is 91.4 cm³/mol. The lowest BCUT2D eigenvalue weighted by Gasteiger charge is -2.32. The standard InChI is InChI=1S/C19H26N4O/c1-13(19-22-18(23-24-19)15-9-10-15)21-17(14-6-3-2-4-7-14)16-8-5-11-20-12-16/h5,8,11-15,17,21H,2-4,6-7,9-10H2,1H3. The van der Waals surface area contributed by atoms with E-state index >= 15 is 0 Å². The highest BCUT2D eigenvalue weighted by molar-refractivity contribution is 5.16. The summed E-state index contributed by atoms with van der Waals surface area (Å²) in [7, 11) is 0. The molecule has 24 heavy (non-hydrogen) atoms. The highest BCUT2D eigenvalue weighted by Gasteiger charge is 2.31. The summed E-state index contributed by atoms with van der Waals surface area (Å²) < 4.78 is 5.51. The predicted octanol–water partition coefficient (Wildman–Crippen LogP) is 4.31. The molecule has 0 bridgehead atoms. The minimum atomic E-state index is 0.0529. The Balaban J connectivity index is 1.51. The first kappa shape index (κ1) is 15.8. The van der Waals surface area contributed by atoms with Crippen LogP contribution in [0.5, 0.6) is 0 Å². The van der Waals surface area contributed by atoms with E-state index in [1.165, 1.54) is 50.5 Å². The van der Waals surface area contributed by atoms with E-state index in [-0.39, 0.29) is 6.04 Å². The summed E-state index contributed by atoms with van der Waals surface area (Å²) in [6, 6.07) is 4.55. The number of rotatable bonds is 6. The molecule has 0 aromatic carbocycles. The zero-order valence-corrected chi connectivity index (χ0v) is 14.3. The third-order valence-corrected chi connectivity index (χ3v) is 5.36. The summed E-state index contributed by atoms with van der Waals surface area (Å²) in [6.07, 6.45) is 12.8. The van der Waals surface area contributed by atoms with Crippen molar-refractivity contribution in [3.05, 3.63) is 41.8 Å². The van der Waals surface area contributed by atoms with Gasteiger partial charge in [-0.1, -0.05) is 30.5 Å². The Labute approximate surface area is 143 Å². The molecule has 128 valence electrons. The van der Waals surface area contributed by atoms with E-state index in [1.54, 1.807) is 0 Å². The van der Waals surface area contributed by atoms with Crippen molar-refractivity contribution < 1.29 is 4.52 Å². The smallest absolute Gasteiger partial charge is 0.243 e. The molecule has 1 N–H and O–H groups in total. The van der Waals surface area contributed by atoms with E-state index in [1.807, 2.05) is 18.5 Å². The molecule has 2 atom stereocenters. The second kappa shape index (κ2) is 7.01. The van der Waals surface area contributed by atoms with E-state index in [4.69, 9.17) is 4.52 Å². The van der Waals surface area contributed by atoms with Gasteiger partial charge in [0.25, 0.3) is 0 Å². The second-order valence-corrected chi connectivity index (χ2v) is 7.32. The van der Waals surface area contributed by atoms with Crippen molar-refractivity contribution in [1.29, 1.82) is 0 Å². The van der Waals surface area contributed by atoms with Crippen molar-refractivity contribution in [2.24, 2.45) is 5.92 Å². The normalized spacial score (nSPS) is 21.5. The van der Waals surface area contributed by atoms with Gasteiger partial charge in [-0.15, -0.1) is 0 Å². The molecule has 2 aromatic heterocycles. The van der Waals surface area contributed by atoms with Crippen LogP contribution < -0.4 is 5.32 Å². The average Bonchev–Trinajstić information content (AvgIpc) is 3.38. The van der Waals surface area contributed by atoms with Gasteiger partial charge in [0, 0.05) is 24.4 Å². The lowest BCUT2D eigenvalue weighted by atomic mass is 9.81. The van der Waals surface area contributed by atoms with Gasteiger partial charge in [0.2, 0.25) is 5.89 Å². The van der Waals surface area contributed by atoms with E-state index in [0.717, 1.165) is 5.82 Å². The van der Waals surface area contributed by atoms with Crippen molar-refractivity contribution >= 4 is 0 Å². The van der Waals surface area contributed by atoms with Crippen LogP contribution in [-0.2, 0) is 0 Å². The summed E-state index contributed by atoms with van der Waals surface area (Å²) in [5, 5.41) is 7.91. The van der Waals surface area contributed by atoms with Crippen LogP contribution in [0.1, 0.15) is 87.1 Å². The first-order chi connectivity index (χ1) is 11.8. The van der Waals surface area contributed by atoms with Crippen LogP contribution in [0.3, 0.4) is 0 Å². The zero-order chi connectivity index (χ0) is 16.4. The highest BCUT2D eigenvalue weighted by Crippen LogP contribution is 2.39. The van der Waals surface area contributed by atoms with Crippen molar-refractivity contribution in [1.82, 2.24) is 20.4 Å². The van der Waals surface area contributed by atoms with Gasteiger partial charge in [-0.3, -0.25) is 10.3 Å². The lowest BCUT2D eigenvalue weighted by Crippen LogP contribution is -2.32. The molecule has 0 radical (unpaired) electrons. The molecule has 2 saturated carbocycles. The molecule has 5 heteroatoms. The molecule has 4 rings (SSSR count). The minimum Gasteiger partial charge on any atom is -0.338 e. The number of nitrogens with one attached hydrogen (secondary N) is 1. The maximum atomic E-state index is 5.51. The maximum absolute atomic E-state index is 5.51. The highest BCUT2D eigenvalue weighted by atomic mass is 16.5. The molecule has 0 saturated heterocycles. The Morgan fingerprint density at radius 2 is 2.00 bits per heavy atom. The molecule has 2 aliphatic rings. The van der Waals surface area contributed by atoms with Crippen molar-refractivity contribution in [2.75, 3.05) is 0 Å². The molecule has 0 aliphatic heterocycles. The maximum Gasteiger partial charge on any atom is 0.243 e. The van der Waals surface area contributed by atoms with Crippen molar-refractivity contribution in [2.45, 2.75) is 69.9 Å². The van der Waals surface area contributed by atoms with E-state index in [0.29, 0.717) is 23.8 Å². The van der Waals surface area contributed by atoms with Crippen LogP contribution >= 0.6 is 0 Å². The zero-order valence-electron chi connectivity index (χ0n) is 14.3. The summed E-state index contributed by atoms with van der Waals surface area (Å²) in [5.41, 5.74) is 1.26. The van der Waals surface area contributed by atoms with Gasteiger partial charge in [0.15, 0.2) is 5.82 Å². The third-order valence-electron chi connectivity index (χ3n) is 5.36. The van der Waals surface area contributed by atoms with Gasteiger partial charge < -0.3 is 4.52 Å². The summed E-state index contributed by atoms with van der Waals surface area (Å²) in [5.74, 6) is 2.77. The Kier molecular flexibility index (Phi) is 4.60. The Hall–Kier alpha value is -1.75. The topological polar surface area (TPSA) is 63.8 Å². The summed E-state index contributed by atoms with van der Waals surface area (Å²) in [6.45, 7) is 2.12. The number of hydrogen-bond acceptors (Lipinski definition) is 5. The Bertz CT molecular complexity index is 646. The molecule has 2 unspecified atom stereocenters. The van der Waals surface area contributed by atoms with Crippen molar-refractivity contribution in [3.63, 3.8) is 0 Å². The fourth-order valence-corrected chi connectivity index (χ4v) is 3.80. The molecule has 2 fully saturated rings. The van der Waals surface area contributed by atoms with Gasteiger partial charge in [0.1, 0.15) is 0 Å². The Morgan fingerprint density at radius 3 is 2.71 bits per heavy atom. The largest absolute Gasteiger partial charge is 0.338 e. The average molecular weight is 326 g/mol. The molecular weight excluding hydrogens is 300 g/mol. The molecule has 0 spiro atoms. The van der Waals surface area contributed by atoms with Crippen LogP contribution in [0.2, 0.25) is 0 Å². The van der Waals surface area contributed by atoms with Crippen LogP contribution in [-0.4, -0.2) is 15.1 Å². The third kappa shape index (κ3) is 3.51. The molecule has 2 aliphatic carbocycles. The fraction of sp³-hybridized carbons (Fsp3) is 0.632. The minimum absolute atomic E-state index is 0.0529. The SMILES string of the molecule is CC(NC(c1cccnc1)C1CCCCC1)c1nc(C2CC2)no1. The molecule has 2 heterocycles. The number of aromatic nitrogens is 3. The second-order valence-electron chi connectivity index (χ2n) is 7.32. The lowest BCUT2D eigenvalue weighted by molar-refractivity contribution is 0.239. The van der Waals surface area contributed by atoms with Gasteiger partial charge >= 0.3 is 0 Å². The van der Waals surface area contributed by atoms with Crippen molar-refractivity contribution in [3.8, 4) is 0 Å². The van der Waals surface area contributed by atoms with Crippen LogP contribution in [0.25, 0.3) is 0 Å². The molecular formula is C19H26N4O. The monoisotopic (exact) mass is 326 g/mol. The molecule has 2 aromatic rings. The number of nitrogens with zero attached hydrogens (tertiary/aromatic N) is 3. The van der Waals surface area contributed by atoms with Crippen LogP contribution in [0, 0.1) is 5.92 Å². The van der Waals surface area contributed by atoms with E-state index < -0.39 is 0 Å². The summed E-state index contributed by atoms with van der Waals surface area (Å²) >= 11 is 0. The first-order valence-corrected chi connectivity index (χ1v) is 9.30. The van der Waals surface area contributed by atoms with Gasteiger partial charge in [-0.2, -0.15) is 4.98 Å². The fourth-order valence-electron chi connectivity index (χ4n) is 3.80. The number of hydrogen-bond donors (Lipinski definition) is 1. The van der Waals surface area contributed by atoms with Crippen LogP contribution in [0.4, 0.5) is 0 Å². The molecule has 0 amide bonds. The Morgan fingerprint density at radius 1 is 1.17 bits per heavy atom. The van der Waals surface area contributed by atoms with Gasteiger partial charge in [0.05, 0.1) is 6.04 Å². The summed E-state index contributed by atoms with van der Waals surface area (Å²) in [4.78, 5) is 8.93.